The summed E-state index contributed by atoms with van der Waals surface area (Å²) < 4.78 is 10.8. The fourth-order valence-corrected chi connectivity index (χ4v) is 2.52. The van der Waals surface area contributed by atoms with Crippen LogP contribution in [0, 0.1) is 6.92 Å². The minimum Gasteiger partial charge on any atom is -0.484 e. The molecule has 2 aromatic rings. The van der Waals surface area contributed by atoms with Gasteiger partial charge in [0.2, 0.25) is 0 Å². The Morgan fingerprint density at radius 2 is 1.70 bits per heavy atom. The number of carbonyl (C=O) groups excluding carboxylic acids is 3. The first kappa shape index (κ1) is 25.5. The molecule has 0 saturated carbocycles. The van der Waals surface area contributed by atoms with E-state index in [0.29, 0.717) is 36.6 Å². The molecule has 9 heteroatoms. The molecule has 33 heavy (non-hydrogen) atoms. The van der Waals surface area contributed by atoms with Crippen LogP contribution in [0.3, 0.4) is 0 Å². The molecule has 2 aromatic carbocycles. The van der Waals surface area contributed by atoms with E-state index in [-0.39, 0.29) is 18.6 Å². The van der Waals surface area contributed by atoms with Gasteiger partial charge in [0, 0.05) is 18.8 Å². The van der Waals surface area contributed by atoms with Crippen LogP contribution >= 0.6 is 0 Å². The van der Waals surface area contributed by atoms with Gasteiger partial charge in [-0.25, -0.2) is 5.43 Å². The molecule has 0 aromatic heterocycles. The molecule has 3 N–H and O–H groups in total. The fraction of sp³-hybridized carbons (Fsp3) is 0.333. The zero-order valence-corrected chi connectivity index (χ0v) is 19.1. The third kappa shape index (κ3) is 10.4. The van der Waals surface area contributed by atoms with Gasteiger partial charge in [0.1, 0.15) is 5.75 Å². The maximum absolute atomic E-state index is 12.0. The van der Waals surface area contributed by atoms with Gasteiger partial charge < -0.3 is 20.1 Å². The van der Waals surface area contributed by atoms with Gasteiger partial charge in [-0.3, -0.25) is 14.4 Å². The molecule has 0 radical (unpaired) electrons. The highest BCUT2D eigenvalue weighted by molar-refractivity contribution is 6.35. The number of benzene rings is 2. The summed E-state index contributed by atoms with van der Waals surface area (Å²) in [5.41, 5.74) is 4.67. The SMILES string of the molecule is Cc1ccc(NC(=O)COc2ccc(/C=N\NC(=O)C(=O)NCCCOC(C)C)cc2)cc1. The van der Waals surface area contributed by atoms with Crippen molar-refractivity contribution >= 4 is 29.6 Å². The summed E-state index contributed by atoms with van der Waals surface area (Å²) >= 11 is 0. The van der Waals surface area contributed by atoms with Gasteiger partial charge in [-0.2, -0.15) is 5.10 Å². The number of anilines is 1. The Labute approximate surface area is 193 Å². The first-order chi connectivity index (χ1) is 15.8. The lowest BCUT2D eigenvalue weighted by Gasteiger charge is -2.08. The molecule has 0 heterocycles. The molecule has 2 rings (SSSR count). The summed E-state index contributed by atoms with van der Waals surface area (Å²) in [4.78, 5) is 35.4. The average Bonchev–Trinajstić information content (AvgIpc) is 2.79. The van der Waals surface area contributed by atoms with Crippen molar-refractivity contribution in [1.82, 2.24) is 10.7 Å². The molecule has 0 saturated heterocycles. The van der Waals surface area contributed by atoms with E-state index in [0.717, 1.165) is 5.56 Å². The molecule has 0 aliphatic carbocycles. The zero-order valence-electron chi connectivity index (χ0n) is 19.1. The van der Waals surface area contributed by atoms with E-state index >= 15 is 0 Å². The van der Waals surface area contributed by atoms with E-state index in [1.165, 1.54) is 6.21 Å². The van der Waals surface area contributed by atoms with Crippen LogP contribution in [0.1, 0.15) is 31.4 Å². The maximum Gasteiger partial charge on any atom is 0.329 e. The molecule has 0 fully saturated rings. The predicted octanol–water partition coefficient (Wildman–Crippen LogP) is 2.39. The summed E-state index contributed by atoms with van der Waals surface area (Å²) in [5, 5.41) is 9.03. The minimum absolute atomic E-state index is 0.127. The van der Waals surface area contributed by atoms with Gasteiger partial charge in [0.15, 0.2) is 6.61 Å². The number of ether oxygens (including phenoxy) is 2. The van der Waals surface area contributed by atoms with Gasteiger partial charge in [-0.15, -0.1) is 0 Å². The van der Waals surface area contributed by atoms with Crippen LogP contribution in [-0.2, 0) is 19.1 Å². The Morgan fingerprint density at radius 1 is 1.00 bits per heavy atom. The summed E-state index contributed by atoms with van der Waals surface area (Å²) in [5.74, 6) is -1.37. The molecule has 0 spiro atoms. The Kier molecular flexibility index (Phi) is 10.6. The number of nitrogens with zero attached hydrogens (tertiary/aromatic N) is 1. The average molecular weight is 455 g/mol. The Morgan fingerprint density at radius 3 is 2.36 bits per heavy atom. The number of rotatable bonds is 11. The quantitative estimate of drug-likeness (QED) is 0.209. The van der Waals surface area contributed by atoms with Gasteiger partial charge in [0.05, 0.1) is 12.3 Å². The molecule has 176 valence electrons. The highest BCUT2D eigenvalue weighted by Gasteiger charge is 2.11. The van der Waals surface area contributed by atoms with E-state index in [1.54, 1.807) is 24.3 Å². The number of aryl methyl sites for hydroxylation is 1. The molecule has 0 aliphatic rings. The second-order valence-electron chi connectivity index (χ2n) is 7.50. The molecule has 0 atom stereocenters. The van der Waals surface area contributed by atoms with Gasteiger partial charge >= 0.3 is 11.8 Å². The third-order valence-corrected chi connectivity index (χ3v) is 4.23. The van der Waals surface area contributed by atoms with Crippen molar-refractivity contribution in [2.24, 2.45) is 5.10 Å². The first-order valence-electron chi connectivity index (χ1n) is 10.7. The second-order valence-corrected chi connectivity index (χ2v) is 7.50. The summed E-state index contributed by atoms with van der Waals surface area (Å²) in [6.07, 6.45) is 2.14. The maximum atomic E-state index is 12.0. The standard InChI is InChI=1S/C24H30N4O5/c1-17(2)32-14-4-13-25-23(30)24(31)28-26-15-19-7-11-21(12-8-19)33-16-22(29)27-20-9-5-18(3)6-10-20/h5-12,15,17H,4,13-14,16H2,1-3H3,(H,25,30)(H,27,29)(H,28,31)/b26-15-. The van der Waals surface area contributed by atoms with Gasteiger partial charge in [-0.1, -0.05) is 17.7 Å². The summed E-state index contributed by atoms with van der Waals surface area (Å²) in [6.45, 7) is 6.55. The van der Waals surface area contributed by atoms with Crippen molar-refractivity contribution in [3.05, 3.63) is 59.7 Å². The van der Waals surface area contributed by atoms with E-state index in [2.05, 4.69) is 21.2 Å². The number of hydrogen-bond donors (Lipinski definition) is 3. The lowest BCUT2D eigenvalue weighted by molar-refractivity contribution is -0.139. The largest absolute Gasteiger partial charge is 0.484 e. The van der Waals surface area contributed by atoms with E-state index < -0.39 is 11.8 Å². The smallest absolute Gasteiger partial charge is 0.329 e. The molecule has 0 unspecified atom stereocenters. The Hall–Kier alpha value is -3.72. The van der Waals surface area contributed by atoms with Crippen LogP contribution in [0.5, 0.6) is 5.75 Å². The van der Waals surface area contributed by atoms with E-state index in [1.807, 2.05) is 45.0 Å². The fourth-order valence-electron chi connectivity index (χ4n) is 2.52. The molecular formula is C24H30N4O5. The van der Waals surface area contributed by atoms with Crippen molar-refractivity contribution in [2.45, 2.75) is 33.3 Å². The van der Waals surface area contributed by atoms with Crippen LogP contribution in [0.4, 0.5) is 5.69 Å². The van der Waals surface area contributed by atoms with Crippen LogP contribution in [0.2, 0.25) is 0 Å². The Bertz CT molecular complexity index is 940. The third-order valence-electron chi connectivity index (χ3n) is 4.23. The first-order valence-corrected chi connectivity index (χ1v) is 10.7. The molecular weight excluding hydrogens is 424 g/mol. The summed E-state index contributed by atoms with van der Waals surface area (Å²) in [7, 11) is 0. The van der Waals surface area contributed by atoms with Crippen molar-refractivity contribution in [3.63, 3.8) is 0 Å². The van der Waals surface area contributed by atoms with Gasteiger partial charge in [0.25, 0.3) is 5.91 Å². The number of carbonyl (C=O) groups is 3. The second kappa shape index (κ2) is 13.6. The molecule has 0 bridgehead atoms. The lowest BCUT2D eigenvalue weighted by atomic mass is 10.2. The zero-order chi connectivity index (χ0) is 24.1. The van der Waals surface area contributed by atoms with Crippen LogP contribution in [0.25, 0.3) is 0 Å². The highest BCUT2D eigenvalue weighted by atomic mass is 16.5. The number of nitrogens with one attached hydrogen (secondary N) is 3. The monoisotopic (exact) mass is 454 g/mol. The van der Waals surface area contributed by atoms with Gasteiger partial charge in [-0.05, 0) is 69.2 Å². The predicted molar refractivity (Wildman–Crippen MR) is 126 cm³/mol. The summed E-state index contributed by atoms with van der Waals surface area (Å²) in [6, 6.07) is 14.2. The van der Waals surface area contributed by atoms with Crippen molar-refractivity contribution in [2.75, 3.05) is 25.1 Å². The van der Waals surface area contributed by atoms with Crippen molar-refractivity contribution in [3.8, 4) is 5.75 Å². The number of hydrazone groups is 1. The van der Waals surface area contributed by atoms with E-state index in [9.17, 15) is 14.4 Å². The highest BCUT2D eigenvalue weighted by Crippen LogP contribution is 2.12. The number of hydrogen-bond acceptors (Lipinski definition) is 6. The van der Waals surface area contributed by atoms with Crippen LogP contribution in [-0.4, -0.2) is 49.8 Å². The normalized spacial score (nSPS) is 10.8. The molecule has 3 amide bonds. The van der Waals surface area contributed by atoms with Crippen LogP contribution in [0.15, 0.2) is 53.6 Å². The van der Waals surface area contributed by atoms with Crippen LogP contribution < -0.4 is 20.8 Å². The minimum atomic E-state index is -0.851. The Balaban J connectivity index is 1.68. The van der Waals surface area contributed by atoms with Crippen molar-refractivity contribution < 1.29 is 23.9 Å². The topological polar surface area (TPSA) is 118 Å². The molecule has 0 aliphatic heterocycles. The van der Waals surface area contributed by atoms with E-state index in [4.69, 9.17) is 9.47 Å². The number of amides is 3. The lowest BCUT2D eigenvalue weighted by Crippen LogP contribution is -2.38. The molecule has 9 nitrogen and oxygen atoms in total. The van der Waals surface area contributed by atoms with Crippen molar-refractivity contribution in [1.29, 1.82) is 0 Å².